The van der Waals surface area contributed by atoms with Gasteiger partial charge in [0.1, 0.15) is 6.10 Å². The molecule has 0 spiro atoms. The Morgan fingerprint density at radius 2 is 2.33 bits per heavy atom. The molecule has 2 fully saturated rings. The Morgan fingerprint density at radius 1 is 1.48 bits per heavy atom. The van der Waals surface area contributed by atoms with Gasteiger partial charge in [-0.25, -0.2) is 8.42 Å². The maximum atomic E-state index is 12.0. The first-order chi connectivity index (χ1) is 10.1. The van der Waals surface area contributed by atoms with Crippen molar-refractivity contribution < 1.29 is 17.9 Å². The van der Waals surface area contributed by atoms with Gasteiger partial charge in [-0.1, -0.05) is 6.07 Å². The average Bonchev–Trinajstić information content (AvgIpc) is 2.71. The fraction of sp³-hybridized carbons (Fsp3) is 0.643. The average molecular weight is 312 g/mol. The van der Waals surface area contributed by atoms with Crippen molar-refractivity contribution in [3.63, 3.8) is 0 Å². The normalized spacial score (nSPS) is 30.2. The van der Waals surface area contributed by atoms with Crippen molar-refractivity contribution in [2.45, 2.75) is 37.7 Å². The van der Waals surface area contributed by atoms with Crippen LogP contribution in [0.5, 0.6) is 0 Å². The molecule has 3 atom stereocenters. The van der Waals surface area contributed by atoms with Gasteiger partial charge in [0.2, 0.25) is 10.0 Å². The van der Waals surface area contributed by atoms with Gasteiger partial charge < -0.3 is 9.47 Å². The molecule has 0 amide bonds. The number of nitrogens with zero attached hydrogens (tertiary/aromatic N) is 2. The first-order valence-corrected chi connectivity index (χ1v) is 8.99. The summed E-state index contributed by atoms with van der Waals surface area (Å²) in [4.78, 5) is 4.06. The summed E-state index contributed by atoms with van der Waals surface area (Å²) in [5, 5.41) is 0. The molecule has 1 aromatic rings. The molecule has 2 bridgehead atoms. The van der Waals surface area contributed by atoms with E-state index in [0.29, 0.717) is 19.8 Å². The van der Waals surface area contributed by atoms with Gasteiger partial charge in [0, 0.05) is 18.9 Å². The Hall–Kier alpha value is -1.02. The lowest BCUT2D eigenvalue weighted by atomic mass is 10.2. The predicted octanol–water partition coefficient (Wildman–Crippen LogP) is 0.790. The predicted molar refractivity (Wildman–Crippen MR) is 77.1 cm³/mol. The van der Waals surface area contributed by atoms with Crippen LogP contribution >= 0.6 is 0 Å². The zero-order valence-electron chi connectivity index (χ0n) is 12.0. The van der Waals surface area contributed by atoms with E-state index in [-0.39, 0.29) is 18.2 Å². The highest BCUT2D eigenvalue weighted by molar-refractivity contribution is 7.88. The van der Waals surface area contributed by atoms with Crippen LogP contribution in [-0.4, -0.2) is 55.4 Å². The molecule has 7 heteroatoms. The molecule has 3 rings (SSSR count). The number of sulfonamides is 1. The van der Waals surface area contributed by atoms with Crippen LogP contribution in [0.4, 0.5) is 0 Å². The molecule has 0 aromatic carbocycles. The molecule has 1 saturated carbocycles. The highest BCUT2D eigenvalue weighted by Gasteiger charge is 2.45. The minimum atomic E-state index is -3.24. The molecule has 116 valence electrons. The molecule has 1 aliphatic carbocycles. The van der Waals surface area contributed by atoms with Crippen molar-refractivity contribution in [2.75, 3.05) is 19.4 Å². The van der Waals surface area contributed by atoms with Crippen LogP contribution in [-0.2, 0) is 26.1 Å². The largest absolute Gasteiger partial charge is 0.374 e. The van der Waals surface area contributed by atoms with Gasteiger partial charge in [-0.05, 0) is 24.5 Å². The molecule has 1 saturated heterocycles. The maximum absolute atomic E-state index is 12.0. The van der Waals surface area contributed by atoms with E-state index in [9.17, 15) is 8.42 Å². The summed E-state index contributed by atoms with van der Waals surface area (Å²) >= 11 is 0. The number of fused-ring (bicyclic) bond motifs is 2. The molecule has 0 unspecified atom stereocenters. The molecular formula is C14H20N2O4S. The van der Waals surface area contributed by atoms with E-state index in [4.69, 9.17) is 9.47 Å². The van der Waals surface area contributed by atoms with Gasteiger partial charge in [0.15, 0.2) is 0 Å². The highest BCUT2D eigenvalue weighted by atomic mass is 32.2. The molecule has 6 nitrogen and oxygen atoms in total. The molecule has 2 heterocycles. The first kappa shape index (κ1) is 14.9. The van der Waals surface area contributed by atoms with Crippen LogP contribution in [0, 0.1) is 0 Å². The van der Waals surface area contributed by atoms with Crippen molar-refractivity contribution in [1.29, 1.82) is 0 Å². The Kier molecular flexibility index (Phi) is 4.26. The highest BCUT2D eigenvalue weighted by Crippen LogP contribution is 2.33. The van der Waals surface area contributed by atoms with Crippen molar-refractivity contribution in [3.05, 3.63) is 30.1 Å². The van der Waals surface area contributed by atoms with Crippen LogP contribution in [0.25, 0.3) is 0 Å². The fourth-order valence-corrected chi connectivity index (χ4v) is 4.29. The summed E-state index contributed by atoms with van der Waals surface area (Å²) < 4.78 is 37.2. The second kappa shape index (κ2) is 6.00. The second-order valence-corrected chi connectivity index (χ2v) is 7.50. The summed E-state index contributed by atoms with van der Waals surface area (Å²) in [7, 11) is -3.24. The smallest absolute Gasteiger partial charge is 0.211 e. The van der Waals surface area contributed by atoms with Gasteiger partial charge in [-0.2, -0.15) is 4.31 Å². The molecule has 2 aliphatic rings. The van der Waals surface area contributed by atoms with Crippen molar-refractivity contribution >= 4 is 10.0 Å². The summed E-state index contributed by atoms with van der Waals surface area (Å²) in [6, 6.07) is 3.68. The third kappa shape index (κ3) is 3.26. The lowest BCUT2D eigenvalue weighted by Gasteiger charge is -2.29. The van der Waals surface area contributed by atoms with Gasteiger partial charge in [-0.15, -0.1) is 0 Å². The van der Waals surface area contributed by atoms with E-state index in [1.165, 1.54) is 10.6 Å². The summed E-state index contributed by atoms with van der Waals surface area (Å²) in [5.74, 6) is 0. The van der Waals surface area contributed by atoms with E-state index < -0.39 is 10.0 Å². The Morgan fingerprint density at radius 3 is 3.05 bits per heavy atom. The number of aromatic nitrogens is 1. The van der Waals surface area contributed by atoms with E-state index in [1.54, 1.807) is 12.4 Å². The molecule has 1 aromatic heterocycles. The van der Waals surface area contributed by atoms with Gasteiger partial charge in [0.05, 0.1) is 31.6 Å². The zero-order chi connectivity index (χ0) is 14.9. The van der Waals surface area contributed by atoms with E-state index in [1.807, 2.05) is 12.1 Å². The molecule has 0 N–H and O–H groups in total. The van der Waals surface area contributed by atoms with Crippen LogP contribution in [0.3, 0.4) is 0 Å². The van der Waals surface area contributed by atoms with E-state index in [0.717, 1.165) is 18.4 Å². The Bertz CT molecular complexity index is 578. The number of rotatable bonds is 4. The van der Waals surface area contributed by atoms with Gasteiger partial charge >= 0.3 is 0 Å². The molecule has 0 radical (unpaired) electrons. The zero-order valence-corrected chi connectivity index (χ0v) is 12.8. The second-order valence-electron chi connectivity index (χ2n) is 5.56. The van der Waals surface area contributed by atoms with Gasteiger partial charge in [0.25, 0.3) is 0 Å². The lowest BCUT2D eigenvalue weighted by molar-refractivity contribution is -0.0583. The fourth-order valence-electron chi connectivity index (χ4n) is 3.16. The minimum absolute atomic E-state index is 0.0154. The lowest BCUT2D eigenvalue weighted by Crippen LogP contribution is -2.45. The SMILES string of the molecule is CS(=O)(=O)N1CCO[C@H]2CC[C@H]1[C@@H]2OCc1cccnc1. The van der Waals surface area contributed by atoms with Crippen LogP contribution in [0.2, 0.25) is 0 Å². The maximum Gasteiger partial charge on any atom is 0.211 e. The minimum Gasteiger partial charge on any atom is -0.374 e. The van der Waals surface area contributed by atoms with Crippen LogP contribution in [0.15, 0.2) is 24.5 Å². The quantitative estimate of drug-likeness (QED) is 0.822. The molecule has 21 heavy (non-hydrogen) atoms. The number of pyridine rings is 1. The number of ether oxygens (including phenoxy) is 2. The van der Waals surface area contributed by atoms with Crippen molar-refractivity contribution in [1.82, 2.24) is 9.29 Å². The summed E-state index contributed by atoms with van der Waals surface area (Å²) in [5.41, 5.74) is 0.979. The Balaban J connectivity index is 1.74. The summed E-state index contributed by atoms with van der Waals surface area (Å²) in [6.45, 7) is 1.26. The molecular weight excluding hydrogens is 292 g/mol. The van der Waals surface area contributed by atoms with E-state index in [2.05, 4.69) is 4.98 Å². The van der Waals surface area contributed by atoms with Crippen LogP contribution < -0.4 is 0 Å². The van der Waals surface area contributed by atoms with Crippen LogP contribution in [0.1, 0.15) is 18.4 Å². The summed E-state index contributed by atoms with van der Waals surface area (Å²) in [6.07, 6.45) is 6.13. The Labute approximate surface area is 125 Å². The third-order valence-corrected chi connectivity index (χ3v) is 5.40. The third-order valence-electron chi connectivity index (χ3n) is 4.10. The van der Waals surface area contributed by atoms with Crippen molar-refractivity contribution in [3.8, 4) is 0 Å². The number of hydrogen-bond donors (Lipinski definition) is 0. The number of hydrogen-bond acceptors (Lipinski definition) is 5. The van der Waals surface area contributed by atoms with Crippen molar-refractivity contribution in [2.24, 2.45) is 0 Å². The van der Waals surface area contributed by atoms with Gasteiger partial charge in [-0.3, -0.25) is 4.98 Å². The monoisotopic (exact) mass is 312 g/mol. The molecule has 1 aliphatic heterocycles. The standard InChI is InChI=1S/C14H20N2O4S/c1-21(17,18)16-7-8-19-13-5-4-12(16)14(13)20-10-11-3-2-6-15-9-11/h2-3,6,9,12-14H,4-5,7-8,10H2,1H3/t12-,13-,14-/m0/s1. The van der Waals surface area contributed by atoms with E-state index >= 15 is 0 Å². The first-order valence-electron chi connectivity index (χ1n) is 7.14. The topological polar surface area (TPSA) is 68.7 Å².